The predicted molar refractivity (Wildman–Crippen MR) is 119 cm³/mol. The summed E-state index contributed by atoms with van der Waals surface area (Å²) in [7, 11) is 0. The van der Waals surface area contributed by atoms with Crippen molar-refractivity contribution in [3.63, 3.8) is 0 Å². The quantitative estimate of drug-likeness (QED) is 0.348. The molecular formula is C25H24N2O5. The Balaban J connectivity index is 1.86. The minimum Gasteiger partial charge on any atom is -0.507 e. The largest absolute Gasteiger partial charge is 0.507 e. The van der Waals surface area contributed by atoms with Crippen molar-refractivity contribution in [2.75, 3.05) is 11.5 Å². The number of rotatable bonds is 6. The fraction of sp³-hybridized carbons (Fsp3) is 0.240. The molecule has 1 aliphatic heterocycles. The number of hydrogen-bond acceptors (Lipinski definition) is 6. The van der Waals surface area contributed by atoms with Crippen molar-refractivity contribution < 1.29 is 24.0 Å². The lowest BCUT2D eigenvalue weighted by Gasteiger charge is -2.23. The number of benzene rings is 2. The van der Waals surface area contributed by atoms with Gasteiger partial charge in [-0.2, -0.15) is 0 Å². The molecule has 0 spiro atoms. The monoisotopic (exact) mass is 432 g/mol. The molecule has 0 radical (unpaired) electrons. The second-order valence-electron chi connectivity index (χ2n) is 7.52. The molecule has 0 bridgehead atoms. The molecule has 1 aliphatic rings. The highest BCUT2D eigenvalue weighted by Gasteiger charge is 2.48. The second-order valence-corrected chi connectivity index (χ2v) is 7.52. The molecule has 32 heavy (non-hydrogen) atoms. The lowest BCUT2D eigenvalue weighted by Crippen LogP contribution is -2.29. The average molecular weight is 432 g/mol. The maximum absolute atomic E-state index is 13.1. The molecule has 1 saturated heterocycles. The molecule has 0 aliphatic carbocycles. The summed E-state index contributed by atoms with van der Waals surface area (Å²) in [5.74, 6) is -0.418. The fourth-order valence-electron chi connectivity index (χ4n) is 3.82. The summed E-state index contributed by atoms with van der Waals surface area (Å²) in [5.41, 5.74) is 2.23. The number of carbonyl (C=O) groups excluding carboxylic acids is 2. The summed E-state index contributed by atoms with van der Waals surface area (Å²) in [4.78, 5) is 27.4. The zero-order valence-electron chi connectivity index (χ0n) is 18.2. The van der Waals surface area contributed by atoms with Crippen LogP contribution in [0.5, 0.6) is 5.75 Å². The van der Waals surface area contributed by atoms with E-state index in [9.17, 15) is 14.7 Å². The Hall–Kier alpha value is -3.87. The van der Waals surface area contributed by atoms with E-state index in [1.54, 1.807) is 37.3 Å². The van der Waals surface area contributed by atoms with Crippen molar-refractivity contribution in [3.8, 4) is 5.75 Å². The molecule has 0 saturated carbocycles. The summed E-state index contributed by atoms with van der Waals surface area (Å²) >= 11 is 0. The van der Waals surface area contributed by atoms with Crippen molar-refractivity contribution in [3.05, 3.63) is 82.6 Å². The van der Waals surface area contributed by atoms with Crippen molar-refractivity contribution in [2.45, 2.75) is 33.2 Å². The SMILES string of the molecule is CCOc1ccc(/C(O)=C2\C(=O)C(=O)N(c3cc(C)on3)[C@H]2c2ccc(CC)cc2)cc1. The number of aryl methyl sites for hydroxylation is 2. The van der Waals surface area contributed by atoms with Gasteiger partial charge in [0.1, 0.15) is 17.3 Å². The van der Waals surface area contributed by atoms with Gasteiger partial charge in [-0.25, -0.2) is 0 Å². The van der Waals surface area contributed by atoms with Gasteiger partial charge >= 0.3 is 5.91 Å². The Morgan fingerprint density at radius 2 is 1.78 bits per heavy atom. The Morgan fingerprint density at radius 3 is 2.34 bits per heavy atom. The van der Waals surface area contributed by atoms with Gasteiger partial charge < -0.3 is 14.4 Å². The molecule has 1 amide bonds. The molecule has 1 fully saturated rings. The lowest BCUT2D eigenvalue weighted by molar-refractivity contribution is -0.132. The second kappa shape index (κ2) is 8.70. The number of nitrogens with zero attached hydrogens (tertiary/aromatic N) is 2. The molecule has 164 valence electrons. The van der Waals surface area contributed by atoms with Crippen LogP contribution in [0, 0.1) is 6.92 Å². The number of amides is 1. The molecule has 4 rings (SSSR count). The lowest BCUT2D eigenvalue weighted by atomic mass is 9.94. The number of carbonyl (C=O) groups is 2. The number of ether oxygens (including phenoxy) is 1. The Bertz CT molecular complexity index is 1180. The fourth-order valence-corrected chi connectivity index (χ4v) is 3.82. The van der Waals surface area contributed by atoms with Gasteiger partial charge in [0.15, 0.2) is 5.82 Å². The zero-order chi connectivity index (χ0) is 22.8. The molecule has 2 aromatic carbocycles. The highest BCUT2D eigenvalue weighted by Crippen LogP contribution is 2.42. The third kappa shape index (κ3) is 3.77. The number of Topliss-reactive ketones (excluding diaryl/α,β-unsaturated/α-hetero) is 1. The summed E-state index contributed by atoms with van der Waals surface area (Å²) in [5, 5.41) is 15.1. The first kappa shape index (κ1) is 21.4. The first-order valence-corrected chi connectivity index (χ1v) is 10.5. The van der Waals surface area contributed by atoms with Gasteiger partial charge in [0, 0.05) is 11.6 Å². The van der Waals surface area contributed by atoms with Gasteiger partial charge in [0.25, 0.3) is 5.78 Å². The Morgan fingerprint density at radius 1 is 1.09 bits per heavy atom. The first-order valence-electron chi connectivity index (χ1n) is 10.5. The molecule has 7 heteroatoms. The smallest absolute Gasteiger partial charge is 0.301 e. The van der Waals surface area contributed by atoms with Crippen LogP contribution < -0.4 is 9.64 Å². The van der Waals surface area contributed by atoms with E-state index in [1.165, 1.54) is 4.90 Å². The van der Waals surface area contributed by atoms with E-state index in [4.69, 9.17) is 9.26 Å². The number of aliphatic hydroxyl groups is 1. The van der Waals surface area contributed by atoms with Crippen molar-refractivity contribution in [2.24, 2.45) is 0 Å². The van der Waals surface area contributed by atoms with Gasteiger partial charge in [0.2, 0.25) is 0 Å². The first-order chi connectivity index (χ1) is 15.4. The summed E-state index contributed by atoms with van der Waals surface area (Å²) in [6.07, 6.45) is 0.856. The highest BCUT2D eigenvalue weighted by atomic mass is 16.5. The van der Waals surface area contributed by atoms with Crippen LogP contribution in [-0.4, -0.2) is 28.6 Å². The van der Waals surface area contributed by atoms with Crippen molar-refractivity contribution >= 4 is 23.3 Å². The van der Waals surface area contributed by atoms with E-state index in [2.05, 4.69) is 5.16 Å². The van der Waals surface area contributed by atoms with Gasteiger partial charge in [-0.05, 0) is 55.7 Å². The van der Waals surface area contributed by atoms with Crippen molar-refractivity contribution in [1.82, 2.24) is 5.16 Å². The van der Waals surface area contributed by atoms with Crippen LogP contribution in [0.25, 0.3) is 5.76 Å². The molecule has 1 atom stereocenters. The number of ketones is 1. The molecule has 0 unspecified atom stereocenters. The van der Waals surface area contributed by atoms with Crippen LogP contribution in [0.15, 0.2) is 64.7 Å². The van der Waals surface area contributed by atoms with Crippen molar-refractivity contribution in [1.29, 1.82) is 0 Å². The van der Waals surface area contributed by atoms with E-state index in [0.717, 1.165) is 12.0 Å². The molecule has 1 aromatic heterocycles. The third-order valence-electron chi connectivity index (χ3n) is 5.45. The normalized spacial score (nSPS) is 17.7. The predicted octanol–water partition coefficient (Wildman–Crippen LogP) is 4.57. The topological polar surface area (TPSA) is 92.9 Å². The average Bonchev–Trinajstić information content (AvgIpc) is 3.34. The Labute approximate surface area is 185 Å². The van der Waals surface area contributed by atoms with E-state index in [0.29, 0.717) is 29.2 Å². The number of aromatic nitrogens is 1. The van der Waals surface area contributed by atoms with Gasteiger partial charge in [0.05, 0.1) is 18.2 Å². The molecule has 2 heterocycles. The molecular weight excluding hydrogens is 408 g/mol. The van der Waals surface area contributed by atoms with Gasteiger partial charge in [-0.3, -0.25) is 14.5 Å². The van der Waals surface area contributed by atoms with Gasteiger partial charge in [-0.1, -0.05) is 36.3 Å². The van der Waals surface area contributed by atoms with E-state index in [-0.39, 0.29) is 17.2 Å². The summed E-state index contributed by atoms with van der Waals surface area (Å²) in [6.45, 7) is 6.15. The highest BCUT2D eigenvalue weighted by molar-refractivity contribution is 6.51. The maximum atomic E-state index is 13.1. The number of aliphatic hydroxyl groups excluding tert-OH is 1. The van der Waals surface area contributed by atoms with Crippen LogP contribution >= 0.6 is 0 Å². The van der Waals surface area contributed by atoms with E-state index >= 15 is 0 Å². The van der Waals surface area contributed by atoms with E-state index in [1.807, 2.05) is 38.1 Å². The van der Waals surface area contributed by atoms with Crippen LogP contribution in [0.1, 0.15) is 42.3 Å². The Kier molecular flexibility index (Phi) is 5.81. The van der Waals surface area contributed by atoms with E-state index < -0.39 is 17.7 Å². The number of anilines is 1. The molecule has 1 N–H and O–H groups in total. The molecule has 7 nitrogen and oxygen atoms in total. The van der Waals surface area contributed by atoms with Gasteiger partial charge in [-0.15, -0.1) is 0 Å². The summed E-state index contributed by atoms with van der Waals surface area (Å²) < 4.78 is 10.6. The molecule has 3 aromatic rings. The van der Waals surface area contributed by atoms with Crippen LogP contribution in [0.2, 0.25) is 0 Å². The number of hydrogen-bond donors (Lipinski definition) is 1. The van der Waals surface area contributed by atoms with Crippen LogP contribution in [0.3, 0.4) is 0 Å². The van der Waals surface area contributed by atoms with Crippen LogP contribution in [0.4, 0.5) is 5.82 Å². The summed E-state index contributed by atoms with van der Waals surface area (Å²) in [6, 6.07) is 15.1. The van der Waals surface area contributed by atoms with Crippen LogP contribution in [-0.2, 0) is 16.0 Å². The maximum Gasteiger partial charge on any atom is 0.301 e. The third-order valence-corrected chi connectivity index (χ3v) is 5.45. The standard InChI is InChI=1S/C25H24N2O5/c1-4-16-6-8-17(9-7-16)22-21(23(28)18-10-12-19(13-11-18)31-5-2)24(29)25(30)27(22)20-14-15(3)32-26-20/h6-14,22,28H,4-5H2,1-3H3/b23-21+/t22-/m0/s1. The minimum atomic E-state index is -0.836. The zero-order valence-corrected chi connectivity index (χ0v) is 18.2. The minimum absolute atomic E-state index is 0.00376.